The van der Waals surface area contributed by atoms with E-state index in [-0.39, 0.29) is 0 Å². The number of aromatic amines is 1. The number of nitrogens with zero attached hydrogens (tertiary/aromatic N) is 2. The lowest BCUT2D eigenvalue weighted by Gasteiger charge is -2.23. The number of H-pyrrole nitrogens is 1. The average Bonchev–Trinajstić information content (AvgIpc) is 2.86. The summed E-state index contributed by atoms with van der Waals surface area (Å²) in [5, 5.41) is 10.0. The van der Waals surface area contributed by atoms with Crippen molar-refractivity contribution in [3.05, 3.63) is 36.3 Å². The molecule has 1 amide bonds. The molecular weight excluding hydrogens is 230 g/mol. The lowest BCUT2D eigenvalue weighted by molar-refractivity contribution is 0.150. The van der Waals surface area contributed by atoms with E-state index >= 15 is 0 Å². The zero-order valence-corrected chi connectivity index (χ0v) is 9.76. The van der Waals surface area contributed by atoms with Crippen LogP contribution in [0.2, 0.25) is 0 Å². The predicted octanol–water partition coefficient (Wildman–Crippen LogP) is 2.33. The first-order valence-electron chi connectivity index (χ1n) is 5.84. The zero-order chi connectivity index (χ0) is 12.5. The lowest BCUT2D eigenvalue weighted by atomic mass is 10.0. The highest BCUT2D eigenvalue weighted by atomic mass is 16.4. The average molecular weight is 243 g/mol. The number of pyridine rings is 1. The van der Waals surface area contributed by atoms with Crippen molar-refractivity contribution < 1.29 is 9.90 Å². The fourth-order valence-corrected chi connectivity index (χ4v) is 2.20. The van der Waals surface area contributed by atoms with E-state index in [2.05, 4.69) is 9.97 Å². The largest absolute Gasteiger partial charge is 0.465 e. The highest BCUT2D eigenvalue weighted by Crippen LogP contribution is 2.23. The number of hydrogen-bond acceptors (Lipinski definition) is 2. The number of amides is 1. The molecule has 0 atom stereocenters. The Balaban J connectivity index is 1.89. The first kappa shape index (κ1) is 10.8. The Labute approximate surface area is 104 Å². The van der Waals surface area contributed by atoms with E-state index in [1.807, 2.05) is 30.6 Å². The van der Waals surface area contributed by atoms with Gasteiger partial charge in [0.2, 0.25) is 0 Å². The molecule has 0 bridgehead atoms. The Kier molecular flexibility index (Phi) is 2.51. The molecule has 0 saturated heterocycles. The molecule has 0 spiro atoms. The number of hydrogen-bond donors (Lipinski definition) is 2. The minimum atomic E-state index is -0.862. The van der Waals surface area contributed by atoms with Crippen molar-refractivity contribution in [2.75, 3.05) is 13.1 Å². The van der Waals surface area contributed by atoms with Gasteiger partial charge in [-0.3, -0.25) is 4.98 Å². The molecule has 2 aromatic heterocycles. The second-order valence-electron chi connectivity index (χ2n) is 4.34. The number of carbonyl (C=O) groups is 1. The van der Waals surface area contributed by atoms with Gasteiger partial charge in [0.15, 0.2) is 0 Å². The van der Waals surface area contributed by atoms with Gasteiger partial charge in [0, 0.05) is 24.7 Å². The van der Waals surface area contributed by atoms with Gasteiger partial charge < -0.3 is 15.0 Å². The van der Waals surface area contributed by atoms with Gasteiger partial charge in [0.05, 0.1) is 17.4 Å². The van der Waals surface area contributed by atoms with Crippen LogP contribution in [0.1, 0.15) is 12.1 Å². The summed E-state index contributed by atoms with van der Waals surface area (Å²) in [5.41, 5.74) is 3.07. The third kappa shape index (κ3) is 1.84. The number of nitrogens with one attached hydrogen (secondary N) is 1. The van der Waals surface area contributed by atoms with Crippen LogP contribution in [0.15, 0.2) is 30.6 Å². The van der Waals surface area contributed by atoms with Crippen LogP contribution in [0.25, 0.3) is 16.5 Å². The number of carboxylic acid groups (broad SMARTS) is 1. The minimum absolute atomic E-state index is 0.442. The van der Waals surface area contributed by atoms with Crippen LogP contribution >= 0.6 is 0 Å². The predicted molar refractivity (Wildman–Crippen MR) is 68.3 cm³/mol. The van der Waals surface area contributed by atoms with Gasteiger partial charge in [-0.25, -0.2) is 4.79 Å². The Bertz CT molecular complexity index is 630. The van der Waals surface area contributed by atoms with E-state index in [1.165, 1.54) is 4.90 Å². The van der Waals surface area contributed by atoms with Crippen molar-refractivity contribution >= 4 is 22.6 Å². The van der Waals surface area contributed by atoms with Crippen LogP contribution < -0.4 is 0 Å². The van der Waals surface area contributed by atoms with Crippen LogP contribution in [0, 0.1) is 0 Å². The van der Waals surface area contributed by atoms with Gasteiger partial charge in [-0.05, 0) is 24.1 Å². The first-order valence-corrected chi connectivity index (χ1v) is 5.84. The third-order valence-corrected chi connectivity index (χ3v) is 3.25. The quantitative estimate of drug-likeness (QED) is 0.807. The van der Waals surface area contributed by atoms with Crippen LogP contribution in [0.5, 0.6) is 0 Å². The van der Waals surface area contributed by atoms with Gasteiger partial charge in [-0.15, -0.1) is 0 Å². The minimum Gasteiger partial charge on any atom is -0.465 e. The molecule has 0 unspecified atom stereocenters. The fraction of sp³-hybridized carbons (Fsp3) is 0.231. The van der Waals surface area contributed by atoms with Crippen molar-refractivity contribution in [2.45, 2.75) is 6.42 Å². The van der Waals surface area contributed by atoms with Crippen LogP contribution in [0.4, 0.5) is 4.79 Å². The molecule has 5 nitrogen and oxygen atoms in total. The van der Waals surface area contributed by atoms with Crippen molar-refractivity contribution in [1.29, 1.82) is 0 Å². The molecule has 2 aromatic rings. The van der Waals surface area contributed by atoms with E-state index in [0.29, 0.717) is 13.1 Å². The van der Waals surface area contributed by atoms with Crippen molar-refractivity contribution in [2.24, 2.45) is 0 Å². The summed E-state index contributed by atoms with van der Waals surface area (Å²) in [6.45, 7) is 0.978. The lowest BCUT2D eigenvalue weighted by Crippen LogP contribution is -2.33. The molecule has 1 aliphatic rings. The van der Waals surface area contributed by atoms with E-state index in [9.17, 15) is 4.79 Å². The van der Waals surface area contributed by atoms with Crippen LogP contribution in [-0.4, -0.2) is 39.2 Å². The smallest absolute Gasteiger partial charge is 0.407 e. The monoisotopic (exact) mass is 243 g/mol. The van der Waals surface area contributed by atoms with Crippen molar-refractivity contribution in [3.63, 3.8) is 0 Å². The van der Waals surface area contributed by atoms with Gasteiger partial charge >= 0.3 is 6.09 Å². The van der Waals surface area contributed by atoms with E-state index in [4.69, 9.17) is 5.11 Å². The molecule has 0 radical (unpaired) electrons. The summed E-state index contributed by atoms with van der Waals surface area (Å²) in [7, 11) is 0. The first-order chi connectivity index (χ1) is 8.74. The molecule has 3 heterocycles. The van der Waals surface area contributed by atoms with Gasteiger partial charge in [-0.1, -0.05) is 6.08 Å². The maximum Gasteiger partial charge on any atom is 0.407 e. The SMILES string of the molecule is O=C(O)N1CC=C(c2cc3cc[nH]c3cn2)CC1. The summed E-state index contributed by atoms with van der Waals surface area (Å²) in [6.07, 6.45) is 5.50. The summed E-state index contributed by atoms with van der Waals surface area (Å²) < 4.78 is 0. The number of fused-ring (bicyclic) bond motifs is 1. The Morgan fingerprint density at radius 1 is 1.50 bits per heavy atom. The molecule has 3 rings (SSSR count). The molecule has 0 saturated carbocycles. The molecule has 92 valence electrons. The fourth-order valence-electron chi connectivity index (χ4n) is 2.20. The Morgan fingerprint density at radius 3 is 3.11 bits per heavy atom. The highest BCUT2D eigenvalue weighted by molar-refractivity contribution is 5.82. The highest BCUT2D eigenvalue weighted by Gasteiger charge is 2.17. The second-order valence-corrected chi connectivity index (χ2v) is 4.34. The summed E-state index contributed by atoms with van der Waals surface area (Å²) >= 11 is 0. The zero-order valence-electron chi connectivity index (χ0n) is 9.76. The van der Waals surface area contributed by atoms with Crippen molar-refractivity contribution in [3.8, 4) is 0 Å². The van der Waals surface area contributed by atoms with Crippen LogP contribution in [0.3, 0.4) is 0 Å². The van der Waals surface area contributed by atoms with Gasteiger partial charge in [0.25, 0.3) is 0 Å². The summed E-state index contributed by atoms with van der Waals surface area (Å²) in [5.74, 6) is 0. The number of rotatable bonds is 1. The van der Waals surface area contributed by atoms with E-state index in [0.717, 1.165) is 28.6 Å². The standard InChI is InChI=1S/C13H13N3O2/c17-13(18)16-5-2-9(3-6-16)11-7-10-1-4-14-12(10)8-15-11/h1-2,4,7-8,14H,3,5-6H2,(H,17,18). The molecule has 0 fully saturated rings. The third-order valence-electron chi connectivity index (χ3n) is 3.25. The molecule has 18 heavy (non-hydrogen) atoms. The Morgan fingerprint density at radius 2 is 2.39 bits per heavy atom. The summed E-state index contributed by atoms with van der Waals surface area (Å²) in [4.78, 5) is 19.7. The molecular formula is C13H13N3O2. The molecule has 1 aliphatic heterocycles. The van der Waals surface area contributed by atoms with E-state index in [1.54, 1.807) is 0 Å². The Hall–Kier alpha value is -2.30. The summed E-state index contributed by atoms with van der Waals surface area (Å²) in [6, 6.07) is 4.04. The number of aromatic nitrogens is 2. The van der Waals surface area contributed by atoms with Crippen LogP contribution in [-0.2, 0) is 0 Å². The van der Waals surface area contributed by atoms with Crippen molar-refractivity contribution in [1.82, 2.24) is 14.9 Å². The molecule has 0 aromatic carbocycles. The van der Waals surface area contributed by atoms with Gasteiger partial charge in [-0.2, -0.15) is 0 Å². The molecule has 2 N–H and O–H groups in total. The topological polar surface area (TPSA) is 69.2 Å². The van der Waals surface area contributed by atoms with E-state index < -0.39 is 6.09 Å². The van der Waals surface area contributed by atoms with Gasteiger partial charge in [0.1, 0.15) is 0 Å². The maximum atomic E-state index is 10.8. The second kappa shape index (κ2) is 4.18. The normalized spacial score (nSPS) is 15.8. The maximum absolute atomic E-state index is 10.8. The molecule has 5 heteroatoms. The molecule has 0 aliphatic carbocycles.